The fourth-order valence-electron chi connectivity index (χ4n) is 2.27. The molecule has 0 radical (unpaired) electrons. The van der Waals surface area contributed by atoms with Crippen LogP contribution in [-0.4, -0.2) is 5.78 Å². The highest BCUT2D eigenvalue weighted by Crippen LogP contribution is 2.28. The molecular weight excluding hydrogens is 304 g/mol. The van der Waals surface area contributed by atoms with Gasteiger partial charge >= 0.3 is 0 Å². The molecule has 0 unspecified atom stereocenters. The smallest absolute Gasteiger partial charge is 0.193 e. The molecule has 23 heavy (non-hydrogen) atoms. The molecule has 0 amide bonds. The van der Waals surface area contributed by atoms with E-state index in [4.69, 9.17) is 11.5 Å². The number of carbonyl (C=O) groups excluding carboxylic acids is 1. The number of hydrogen-bond acceptors (Lipinski definition) is 4. The Hall–Kier alpha value is -2.72. The van der Waals surface area contributed by atoms with Gasteiger partial charge in [0.1, 0.15) is 0 Å². The first kappa shape index (κ1) is 15.2. The van der Waals surface area contributed by atoms with E-state index in [1.807, 2.05) is 42.5 Å². The Bertz CT molecular complexity index is 809. The van der Waals surface area contributed by atoms with Gasteiger partial charge in [0.05, 0.1) is 0 Å². The van der Waals surface area contributed by atoms with Crippen LogP contribution in [-0.2, 0) is 0 Å². The first-order chi connectivity index (χ1) is 11.1. The van der Waals surface area contributed by atoms with Crippen molar-refractivity contribution < 1.29 is 4.79 Å². The van der Waals surface area contributed by atoms with E-state index in [9.17, 15) is 4.79 Å². The van der Waals surface area contributed by atoms with Crippen molar-refractivity contribution in [2.24, 2.45) is 0 Å². The van der Waals surface area contributed by atoms with Gasteiger partial charge in [0, 0.05) is 32.3 Å². The molecule has 3 aromatic carbocycles. The zero-order valence-electron chi connectivity index (χ0n) is 12.4. The van der Waals surface area contributed by atoms with Gasteiger partial charge < -0.3 is 11.5 Å². The van der Waals surface area contributed by atoms with Crippen LogP contribution in [0, 0.1) is 0 Å². The standard InChI is InChI=1S/C19H16N2OS/c20-15-10-14(11-16(21)12-15)19(22)13-6-8-18(9-7-13)23-17-4-2-1-3-5-17/h1-12H,20-21H2. The molecular formula is C19H16N2OS. The lowest BCUT2D eigenvalue weighted by molar-refractivity contribution is 0.103. The van der Waals surface area contributed by atoms with Gasteiger partial charge in [0.2, 0.25) is 0 Å². The van der Waals surface area contributed by atoms with Gasteiger partial charge in [0.15, 0.2) is 5.78 Å². The fraction of sp³-hybridized carbons (Fsp3) is 0. The Morgan fingerprint density at radius 3 is 1.87 bits per heavy atom. The van der Waals surface area contributed by atoms with Crippen LogP contribution in [0.25, 0.3) is 0 Å². The zero-order chi connectivity index (χ0) is 16.2. The zero-order valence-corrected chi connectivity index (χ0v) is 13.2. The van der Waals surface area contributed by atoms with Crippen molar-refractivity contribution in [3.8, 4) is 0 Å². The topological polar surface area (TPSA) is 69.1 Å². The van der Waals surface area contributed by atoms with Gasteiger partial charge in [-0.05, 0) is 54.6 Å². The lowest BCUT2D eigenvalue weighted by Gasteiger charge is -2.06. The first-order valence-electron chi connectivity index (χ1n) is 7.15. The molecule has 0 fully saturated rings. The van der Waals surface area contributed by atoms with Crippen molar-refractivity contribution in [2.45, 2.75) is 9.79 Å². The maximum absolute atomic E-state index is 12.5. The van der Waals surface area contributed by atoms with Crippen molar-refractivity contribution >= 4 is 28.9 Å². The predicted molar refractivity (Wildman–Crippen MR) is 95.7 cm³/mol. The minimum absolute atomic E-state index is 0.0831. The minimum atomic E-state index is -0.0831. The largest absolute Gasteiger partial charge is 0.399 e. The summed E-state index contributed by atoms with van der Waals surface area (Å²) in [5.74, 6) is -0.0831. The Labute approximate surface area is 139 Å². The van der Waals surface area contributed by atoms with Gasteiger partial charge in [-0.1, -0.05) is 30.0 Å². The number of hydrogen-bond donors (Lipinski definition) is 2. The lowest BCUT2D eigenvalue weighted by atomic mass is 10.0. The van der Waals surface area contributed by atoms with Crippen LogP contribution in [0.4, 0.5) is 11.4 Å². The van der Waals surface area contributed by atoms with E-state index in [1.54, 1.807) is 30.0 Å². The van der Waals surface area contributed by atoms with Crippen LogP contribution < -0.4 is 11.5 Å². The van der Waals surface area contributed by atoms with Crippen LogP contribution in [0.15, 0.2) is 82.6 Å². The number of benzene rings is 3. The molecule has 4 heteroatoms. The third kappa shape index (κ3) is 3.73. The average Bonchev–Trinajstić information content (AvgIpc) is 2.55. The maximum atomic E-state index is 12.5. The van der Waals surface area contributed by atoms with Crippen molar-refractivity contribution in [2.75, 3.05) is 11.5 Å². The SMILES string of the molecule is Nc1cc(N)cc(C(=O)c2ccc(Sc3ccccc3)cc2)c1. The number of rotatable bonds is 4. The summed E-state index contributed by atoms with van der Waals surface area (Å²) in [6.07, 6.45) is 0. The molecule has 0 saturated carbocycles. The van der Waals surface area contributed by atoms with Crippen LogP contribution >= 0.6 is 11.8 Å². The van der Waals surface area contributed by atoms with Crippen molar-refractivity contribution in [3.05, 3.63) is 83.9 Å². The van der Waals surface area contributed by atoms with Gasteiger partial charge in [-0.15, -0.1) is 0 Å². The van der Waals surface area contributed by atoms with Gasteiger partial charge in [-0.2, -0.15) is 0 Å². The highest BCUT2D eigenvalue weighted by atomic mass is 32.2. The second-order valence-corrected chi connectivity index (χ2v) is 6.30. The average molecular weight is 320 g/mol. The number of nitrogens with two attached hydrogens (primary N) is 2. The van der Waals surface area contributed by atoms with Crippen molar-refractivity contribution in [1.82, 2.24) is 0 Å². The maximum Gasteiger partial charge on any atom is 0.193 e. The molecule has 114 valence electrons. The van der Waals surface area contributed by atoms with E-state index in [0.29, 0.717) is 22.5 Å². The molecule has 0 saturated heterocycles. The monoisotopic (exact) mass is 320 g/mol. The van der Waals surface area contributed by atoms with E-state index in [2.05, 4.69) is 12.1 Å². The molecule has 0 aromatic heterocycles. The van der Waals surface area contributed by atoms with Crippen molar-refractivity contribution in [1.29, 1.82) is 0 Å². The molecule has 0 aliphatic rings. The highest BCUT2D eigenvalue weighted by Gasteiger charge is 2.10. The van der Waals surface area contributed by atoms with E-state index in [1.165, 1.54) is 0 Å². The first-order valence-corrected chi connectivity index (χ1v) is 7.97. The summed E-state index contributed by atoms with van der Waals surface area (Å²) < 4.78 is 0. The Kier molecular flexibility index (Phi) is 4.35. The van der Waals surface area contributed by atoms with E-state index < -0.39 is 0 Å². The molecule has 0 aliphatic heterocycles. The molecule has 0 heterocycles. The van der Waals surface area contributed by atoms with Crippen LogP contribution in [0.1, 0.15) is 15.9 Å². The summed E-state index contributed by atoms with van der Waals surface area (Å²) in [4.78, 5) is 14.7. The molecule has 3 aromatic rings. The predicted octanol–water partition coefficient (Wildman–Crippen LogP) is 4.23. The minimum Gasteiger partial charge on any atom is -0.399 e. The number of carbonyl (C=O) groups is 1. The number of nitrogen functional groups attached to an aromatic ring is 2. The summed E-state index contributed by atoms with van der Waals surface area (Å²) >= 11 is 1.66. The quantitative estimate of drug-likeness (QED) is 0.557. The molecule has 4 N–H and O–H groups in total. The second-order valence-electron chi connectivity index (χ2n) is 5.16. The Morgan fingerprint density at radius 2 is 1.26 bits per heavy atom. The van der Waals surface area contributed by atoms with Crippen molar-refractivity contribution in [3.63, 3.8) is 0 Å². The summed E-state index contributed by atoms with van der Waals surface area (Å²) in [7, 11) is 0. The van der Waals surface area contributed by atoms with Gasteiger partial charge in [0.25, 0.3) is 0 Å². The molecule has 0 bridgehead atoms. The molecule has 3 nitrogen and oxygen atoms in total. The second kappa shape index (κ2) is 6.58. The summed E-state index contributed by atoms with van der Waals surface area (Å²) in [5, 5.41) is 0. The van der Waals surface area contributed by atoms with Crippen LogP contribution in [0.2, 0.25) is 0 Å². The number of anilines is 2. The van der Waals surface area contributed by atoms with Gasteiger partial charge in [-0.3, -0.25) is 4.79 Å². The normalized spacial score (nSPS) is 10.4. The Morgan fingerprint density at radius 1 is 0.696 bits per heavy atom. The molecule has 0 spiro atoms. The molecule has 0 aliphatic carbocycles. The van der Waals surface area contributed by atoms with Gasteiger partial charge in [-0.25, -0.2) is 0 Å². The van der Waals surface area contributed by atoms with Crippen LogP contribution in [0.5, 0.6) is 0 Å². The summed E-state index contributed by atoms with van der Waals surface area (Å²) in [6.45, 7) is 0. The fourth-order valence-corrected chi connectivity index (χ4v) is 3.11. The van der Waals surface area contributed by atoms with E-state index in [-0.39, 0.29) is 5.78 Å². The lowest BCUT2D eigenvalue weighted by Crippen LogP contribution is -2.03. The van der Waals surface area contributed by atoms with Crippen LogP contribution in [0.3, 0.4) is 0 Å². The summed E-state index contributed by atoms with van der Waals surface area (Å²) in [5.41, 5.74) is 13.6. The number of ketones is 1. The summed E-state index contributed by atoms with van der Waals surface area (Å²) in [6, 6.07) is 22.6. The molecule has 0 atom stereocenters. The highest BCUT2D eigenvalue weighted by molar-refractivity contribution is 7.99. The molecule has 3 rings (SSSR count). The van der Waals surface area contributed by atoms with E-state index in [0.717, 1.165) is 9.79 Å². The third-order valence-electron chi connectivity index (χ3n) is 3.34. The van der Waals surface area contributed by atoms with E-state index >= 15 is 0 Å². The third-order valence-corrected chi connectivity index (χ3v) is 4.35. The Balaban J connectivity index is 1.80.